The van der Waals surface area contributed by atoms with E-state index in [2.05, 4.69) is 35.9 Å². The van der Waals surface area contributed by atoms with Crippen LogP contribution in [0.3, 0.4) is 0 Å². The second-order valence-electron chi connectivity index (χ2n) is 6.83. The topological polar surface area (TPSA) is 48.2 Å². The SMILES string of the molecule is CC(C)(c1cccc(Oc2cccc(-c3ncco3)c2)c1)c1ccccn1. The van der Waals surface area contributed by atoms with Gasteiger partial charge in [-0.1, -0.05) is 38.1 Å². The largest absolute Gasteiger partial charge is 0.457 e. The number of oxazole rings is 1. The van der Waals surface area contributed by atoms with E-state index in [-0.39, 0.29) is 5.41 Å². The van der Waals surface area contributed by atoms with Crippen molar-refractivity contribution in [2.24, 2.45) is 0 Å². The van der Waals surface area contributed by atoms with Crippen LogP contribution in [0.2, 0.25) is 0 Å². The van der Waals surface area contributed by atoms with Crippen LogP contribution in [0.1, 0.15) is 25.1 Å². The lowest BCUT2D eigenvalue weighted by Crippen LogP contribution is -2.20. The van der Waals surface area contributed by atoms with Gasteiger partial charge in [-0.3, -0.25) is 4.98 Å². The highest BCUT2D eigenvalue weighted by atomic mass is 16.5. The molecule has 2 heterocycles. The molecule has 4 aromatic rings. The molecule has 0 fully saturated rings. The Morgan fingerprint density at radius 1 is 0.815 bits per heavy atom. The first kappa shape index (κ1) is 17.0. The summed E-state index contributed by atoms with van der Waals surface area (Å²) in [6.45, 7) is 4.33. The van der Waals surface area contributed by atoms with Crippen molar-refractivity contribution in [3.05, 3.63) is 96.6 Å². The molecule has 0 amide bonds. The predicted molar refractivity (Wildman–Crippen MR) is 105 cm³/mol. The van der Waals surface area contributed by atoms with Crippen molar-refractivity contribution in [3.8, 4) is 23.0 Å². The van der Waals surface area contributed by atoms with Gasteiger partial charge < -0.3 is 9.15 Å². The van der Waals surface area contributed by atoms with Gasteiger partial charge >= 0.3 is 0 Å². The third-order valence-corrected chi connectivity index (χ3v) is 4.61. The maximum atomic E-state index is 6.10. The summed E-state index contributed by atoms with van der Waals surface area (Å²) in [5, 5.41) is 0. The quantitative estimate of drug-likeness (QED) is 0.450. The molecule has 0 saturated heterocycles. The molecular weight excluding hydrogens is 336 g/mol. The number of nitrogens with zero attached hydrogens (tertiary/aromatic N) is 2. The van der Waals surface area contributed by atoms with Crippen LogP contribution in [0, 0.1) is 0 Å². The molecule has 4 heteroatoms. The van der Waals surface area contributed by atoms with Gasteiger partial charge in [0.05, 0.1) is 11.9 Å². The maximum Gasteiger partial charge on any atom is 0.225 e. The van der Waals surface area contributed by atoms with Crippen LogP contribution < -0.4 is 4.74 Å². The lowest BCUT2D eigenvalue weighted by atomic mass is 9.81. The van der Waals surface area contributed by atoms with Crippen LogP contribution >= 0.6 is 0 Å². The molecule has 0 atom stereocenters. The molecule has 2 aromatic carbocycles. The number of pyridine rings is 1. The molecular formula is C23H20N2O2. The van der Waals surface area contributed by atoms with Crippen LogP contribution in [-0.4, -0.2) is 9.97 Å². The monoisotopic (exact) mass is 356 g/mol. The van der Waals surface area contributed by atoms with Crippen molar-refractivity contribution in [3.63, 3.8) is 0 Å². The Labute approximate surface area is 158 Å². The summed E-state index contributed by atoms with van der Waals surface area (Å²) in [6, 6.07) is 21.8. The Morgan fingerprint density at radius 3 is 2.37 bits per heavy atom. The summed E-state index contributed by atoms with van der Waals surface area (Å²) >= 11 is 0. The van der Waals surface area contributed by atoms with E-state index in [0.29, 0.717) is 5.89 Å². The van der Waals surface area contributed by atoms with E-state index < -0.39 is 0 Å². The van der Waals surface area contributed by atoms with Gasteiger partial charge in [-0.2, -0.15) is 0 Å². The Morgan fingerprint density at radius 2 is 1.63 bits per heavy atom. The molecule has 27 heavy (non-hydrogen) atoms. The number of ether oxygens (including phenoxy) is 1. The molecule has 0 unspecified atom stereocenters. The van der Waals surface area contributed by atoms with Gasteiger partial charge in [-0.25, -0.2) is 4.98 Å². The van der Waals surface area contributed by atoms with E-state index in [9.17, 15) is 0 Å². The van der Waals surface area contributed by atoms with Crippen molar-refractivity contribution in [2.45, 2.75) is 19.3 Å². The summed E-state index contributed by atoms with van der Waals surface area (Å²) < 4.78 is 11.5. The van der Waals surface area contributed by atoms with Crippen LogP contribution in [0.15, 0.2) is 89.8 Å². The molecule has 134 valence electrons. The molecule has 0 saturated carbocycles. The first-order valence-electron chi connectivity index (χ1n) is 8.83. The normalized spacial score (nSPS) is 11.3. The van der Waals surface area contributed by atoms with Crippen molar-refractivity contribution in [1.82, 2.24) is 9.97 Å². The van der Waals surface area contributed by atoms with Crippen molar-refractivity contribution < 1.29 is 9.15 Å². The van der Waals surface area contributed by atoms with Gasteiger partial charge in [-0.15, -0.1) is 0 Å². The molecule has 0 spiro atoms. The van der Waals surface area contributed by atoms with Gasteiger partial charge in [0.15, 0.2) is 0 Å². The standard InChI is InChI=1S/C23H20N2O2/c1-23(2,21-11-3-4-12-24-21)18-8-6-10-20(16-18)27-19-9-5-7-17(15-19)22-25-13-14-26-22/h3-16H,1-2H3. The van der Waals surface area contributed by atoms with Crippen LogP contribution in [0.4, 0.5) is 0 Å². The second-order valence-corrected chi connectivity index (χ2v) is 6.83. The lowest BCUT2D eigenvalue weighted by molar-refractivity contribution is 0.479. The zero-order chi connectivity index (χ0) is 18.7. The minimum absolute atomic E-state index is 0.222. The molecule has 4 nitrogen and oxygen atoms in total. The van der Waals surface area contributed by atoms with Crippen molar-refractivity contribution in [2.75, 3.05) is 0 Å². The molecule has 0 aliphatic rings. The minimum atomic E-state index is -0.222. The van der Waals surface area contributed by atoms with Crippen LogP contribution in [0.25, 0.3) is 11.5 Å². The molecule has 4 rings (SSSR count). The Hall–Kier alpha value is -3.40. The maximum absolute atomic E-state index is 6.10. The average Bonchev–Trinajstić information content (AvgIpc) is 3.24. The van der Waals surface area contributed by atoms with Gasteiger partial charge in [0, 0.05) is 17.2 Å². The number of hydrogen-bond donors (Lipinski definition) is 0. The van der Waals surface area contributed by atoms with Gasteiger partial charge in [-0.05, 0) is 48.0 Å². The predicted octanol–water partition coefficient (Wildman–Crippen LogP) is 5.85. The Kier molecular flexibility index (Phi) is 4.47. The molecule has 0 N–H and O–H groups in total. The summed E-state index contributed by atoms with van der Waals surface area (Å²) in [6.07, 6.45) is 5.02. The lowest BCUT2D eigenvalue weighted by Gasteiger charge is -2.25. The summed E-state index contributed by atoms with van der Waals surface area (Å²) in [5.74, 6) is 2.09. The third-order valence-electron chi connectivity index (χ3n) is 4.61. The molecule has 0 aliphatic carbocycles. The van der Waals surface area contributed by atoms with Crippen LogP contribution in [0.5, 0.6) is 11.5 Å². The van der Waals surface area contributed by atoms with Gasteiger partial charge in [0.1, 0.15) is 17.8 Å². The summed E-state index contributed by atoms with van der Waals surface area (Å²) in [5.41, 5.74) is 2.82. The van der Waals surface area contributed by atoms with Gasteiger partial charge in [0.2, 0.25) is 5.89 Å². The van der Waals surface area contributed by atoms with E-state index in [1.165, 1.54) is 0 Å². The number of benzene rings is 2. The van der Waals surface area contributed by atoms with Crippen molar-refractivity contribution in [1.29, 1.82) is 0 Å². The second kappa shape index (κ2) is 7.08. The zero-order valence-electron chi connectivity index (χ0n) is 15.3. The minimum Gasteiger partial charge on any atom is -0.457 e. The first-order chi connectivity index (χ1) is 13.1. The zero-order valence-corrected chi connectivity index (χ0v) is 15.3. The highest BCUT2D eigenvalue weighted by Crippen LogP contribution is 2.33. The Balaban J connectivity index is 1.61. The fraction of sp³-hybridized carbons (Fsp3) is 0.130. The number of rotatable bonds is 5. The van der Waals surface area contributed by atoms with E-state index in [1.807, 2.05) is 60.8 Å². The van der Waals surface area contributed by atoms with E-state index >= 15 is 0 Å². The third kappa shape index (κ3) is 3.60. The molecule has 0 radical (unpaired) electrons. The van der Waals surface area contributed by atoms with Crippen LogP contribution in [-0.2, 0) is 5.41 Å². The van der Waals surface area contributed by atoms with Gasteiger partial charge in [0.25, 0.3) is 0 Å². The van der Waals surface area contributed by atoms with E-state index in [0.717, 1.165) is 28.3 Å². The number of aromatic nitrogens is 2. The highest BCUT2D eigenvalue weighted by Gasteiger charge is 2.24. The van der Waals surface area contributed by atoms with E-state index in [1.54, 1.807) is 12.5 Å². The fourth-order valence-electron chi connectivity index (χ4n) is 3.02. The molecule has 0 bridgehead atoms. The first-order valence-corrected chi connectivity index (χ1v) is 8.83. The molecule has 2 aromatic heterocycles. The molecule has 0 aliphatic heterocycles. The Bertz CT molecular complexity index is 1030. The smallest absolute Gasteiger partial charge is 0.225 e. The summed E-state index contributed by atoms with van der Waals surface area (Å²) in [7, 11) is 0. The van der Waals surface area contributed by atoms with Crippen molar-refractivity contribution >= 4 is 0 Å². The highest BCUT2D eigenvalue weighted by molar-refractivity contribution is 5.56. The van der Waals surface area contributed by atoms with E-state index in [4.69, 9.17) is 9.15 Å². The average molecular weight is 356 g/mol. The fourth-order valence-corrected chi connectivity index (χ4v) is 3.02. The number of hydrogen-bond acceptors (Lipinski definition) is 4. The summed E-state index contributed by atoms with van der Waals surface area (Å²) in [4.78, 5) is 8.71.